The van der Waals surface area contributed by atoms with Crippen LogP contribution in [0, 0.1) is 6.92 Å². The molecule has 2 atom stereocenters. The molecule has 0 radical (unpaired) electrons. The Morgan fingerprint density at radius 1 is 1.57 bits per heavy atom. The van der Waals surface area contributed by atoms with E-state index < -0.39 is 0 Å². The average Bonchev–Trinajstić information content (AvgIpc) is 2.51. The Morgan fingerprint density at radius 2 is 2.29 bits per heavy atom. The number of hydrogen-bond acceptors (Lipinski definition) is 4. The van der Waals surface area contributed by atoms with Crippen molar-refractivity contribution in [1.82, 2.24) is 10.3 Å². The second kappa shape index (κ2) is 5.44. The van der Waals surface area contributed by atoms with E-state index >= 15 is 0 Å². The summed E-state index contributed by atoms with van der Waals surface area (Å²) in [5, 5.41) is 3.47. The van der Waals surface area contributed by atoms with Crippen molar-refractivity contribution >= 4 is 11.3 Å². The van der Waals surface area contributed by atoms with Crippen LogP contribution in [0.2, 0.25) is 0 Å². The number of nitrogens with one attached hydrogen (secondary N) is 1. The minimum absolute atomic E-state index is 0.354. The van der Waals surface area contributed by atoms with E-state index in [-0.39, 0.29) is 0 Å². The monoisotopic (exact) mass is 214 g/mol. The van der Waals surface area contributed by atoms with Crippen molar-refractivity contribution in [1.29, 1.82) is 0 Å². The van der Waals surface area contributed by atoms with Gasteiger partial charge in [-0.05, 0) is 20.8 Å². The van der Waals surface area contributed by atoms with Gasteiger partial charge in [-0.15, -0.1) is 11.3 Å². The lowest BCUT2D eigenvalue weighted by atomic mass is 10.2. The summed E-state index contributed by atoms with van der Waals surface area (Å²) in [5.41, 5.74) is 3.02. The van der Waals surface area contributed by atoms with Gasteiger partial charge < -0.3 is 10.1 Å². The summed E-state index contributed by atoms with van der Waals surface area (Å²) >= 11 is 1.70. The fourth-order valence-electron chi connectivity index (χ4n) is 1.53. The van der Waals surface area contributed by atoms with Gasteiger partial charge in [0.15, 0.2) is 0 Å². The maximum atomic E-state index is 5.08. The molecule has 1 N–H and O–H groups in total. The van der Waals surface area contributed by atoms with Crippen LogP contribution in [-0.2, 0) is 4.74 Å². The van der Waals surface area contributed by atoms with Crippen molar-refractivity contribution in [3.05, 3.63) is 16.1 Å². The molecule has 0 aliphatic rings. The Hall–Kier alpha value is -0.450. The Bertz CT molecular complexity index is 275. The van der Waals surface area contributed by atoms with Crippen molar-refractivity contribution in [2.75, 3.05) is 13.7 Å². The molecule has 0 aliphatic carbocycles. The molecule has 0 aromatic carbocycles. The third-order valence-corrected chi connectivity index (χ3v) is 3.24. The van der Waals surface area contributed by atoms with Gasteiger partial charge in [-0.2, -0.15) is 0 Å². The fraction of sp³-hybridized carbons (Fsp3) is 0.700. The number of methoxy groups -OCH3 is 1. The number of nitrogens with zero attached hydrogens (tertiary/aromatic N) is 1. The van der Waals surface area contributed by atoms with Gasteiger partial charge in [-0.25, -0.2) is 4.98 Å². The molecule has 0 amide bonds. The first kappa shape index (κ1) is 11.6. The standard InChI is InChI=1S/C10H18N2OS/c1-7(5-13-4)12-9(3)10-8(2)11-6-14-10/h6-7,9,12H,5H2,1-4H3. The zero-order chi connectivity index (χ0) is 10.6. The summed E-state index contributed by atoms with van der Waals surface area (Å²) in [6, 6.07) is 0.726. The van der Waals surface area contributed by atoms with E-state index in [1.165, 1.54) is 4.88 Å². The molecular weight excluding hydrogens is 196 g/mol. The molecule has 2 unspecified atom stereocenters. The van der Waals surface area contributed by atoms with Gasteiger partial charge in [-0.3, -0.25) is 0 Å². The van der Waals surface area contributed by atoms with E-state index in [1.54, 1.807) is 18.4 Å². The first-order chi connectivity index (χ1) is 6.65. The van der Waals surface area contributed by atoms with E-state index in [4.69, 9.17) is 4.74 Å². The summed E-state index contributed by atoms with van der Waals surface area (Å²) < 4.78 is 5.08. The highest BCUT2D eigenvalue weighted by Crippen LogP contribution is 2.21. The summed E-state index contributed by atoms with van der Waals surface area (Å²) in [5.74, 6) is 0. The fourth-order valence-corrected chi connectivity index (χ4v) is 2.35. The topological polar surface area (TPSA) is 34.1 Å². The van der Waals surface area contributed by atoms with Crippen LogP contribution in [0.5, 0.6) is 0 Å². The van der Waals surface area contributed by atoms with Gasteiger partial charge in [0.2, 0.25) is 0 Å². The molecule has 0 saturated heterocycles. The Balaban J connectivity index is 2.50. The largest absolute Gasteiger partial charge is 0.383 e. The highest BCUT2D eigenvalue weighted by atomic mass is 32.1. The van der Waals surface area contributed by atoms with Crippen LogP contribution < -0.4 is 5.32 Å². The van der Waals surface area contributed by atoms with Gasteiger partial charge >= 0.3 is 0 Å². The lowest BCUT2D eigenvalue weighted by Crippen LogP contribution is -2.32. The van der Waals surface area contributed by atoms with E-state index in [0.29, 0.717) is 12.1 Å². The molecule has 0 saturated carbocycles. The van der Waals surface area contributed by atoms with Gasteiger partial charge in [0.1, 0.15) is 0 Å². The highest BCUT2D eigenvalue weighted by Gasteiger charge is 2.12. The van der Waals surface area contributed by atoms with Crippen molar-refractivity contribution in [2.45, 2.75) is 32.9 Å². The first-order valence-electron chi connectivity index (χ1n) is 4.80. The highest BCUT2D eigenvalue weighted by molar-refractivity contribution is 7.09. The molecular formula is C10H18N2OS. The average molecular weight is 214 g/mol. The molecule has 1 aromatic heterocycles. The molecule has 0 aliphatic heterocycles. The molecule has 80 valence electrons. The van der Waals surface area contributed by atoms with Crippen molar-refractivity contribution in [3.8, 4) is 0 Å². The number of aryl methyl sites for hydroxylation is 1. The van der Waals surface area contributed by atoms with Crippen LogP contribution in [0.4, 0.5) is 0 Å². The predicted molar refractivity (Wildman–Crippen MR) is 59.7 cm³/mol. The Kier molecular flexibility index (Phi) is 4.51. The zero-order valence-corrected chi connectivity index (χ0v) is 10.0. The molecule has 1 aromatic rings. The predicted octanol–water partition coefficient (Wildman–Crippen LogP) is 2.14. The maximum Gasteiger partial charge on any atom is 0.0798 e. The molecule has 0 bridgehead atoms. The van der Waals surface area contributed by atoms with Crippen LogP contribution in [0.25, 0.3) is 0 Å². The minimum Gasteiger partial charge on any atom is -0.383 e. The molecule has 1 heterocycles. The van der Waals surface area contributed by atoms with Gasteiger partial charge in [0, 0.05) is 24.1 Å². The Labute approximate surface area is 89.5 Å². The van der Waals surface area contributed by atoms with Crippen LogP contribution in [0.3, 0.4) is 0 Å². The molecule has 0 spiro atoms. The summed E-state index contributed by atoms with van der Waals surface area (Å²) in [6.45, 7) is 7.07. The zero-order valence-electron chi connectivity index (χ0n) is 9.20. The number of rotatable bonds is 5. The third kappa shape index (κ3) is 3.04. The number of hydrogen-bond donors (Lipinski definition) is 1. The maximum absolute atomic E-state index is 5.08. The van der Waals surface area contributed by atoms with Crippen LogP contribution >= 0.6 is 11.3 Å². The molecule has 1 rings (SSSR count). The number of ether oxygens (including phenoxy) is 1. The third-order valence-electron chi connectivity index (χ3n) is 2.13. The van der Waals surface area contributed by atoms with Crippen LogP contribution in [0.1, 0.15) is 30.5 Å². The van der Waals surface area contributed by atoms with Crippen LogP contribution in [0.15, 0.2) is 5.51 Å². The molecule has 4 heteroatoms. The lowest BCUT2D eigenvalue weighted by molar-refractivity contribution is 0.168. The SMILES string of the molecule is COCC(C)NC(C)c1scnc1C. The quantitative estimate of drug-likeness (QED) is 0.815. The van der Waals surface area contributed by atoms with Gasteiger partial charge in [0.25, 0.3) is 0 Å². The van der Waals surface area contributed by atoms with Crippen LogP contribution in [-0.4, -0.2) is 24.7 Å². The molecule has 14 heavy (non-hydrogen) atoms. The smallest absolute Gasteiger partial charge is 0.0798 e. The van der Waals surface area contributed by atoms with E-state index in [9.17, 15) is 0 Å². The van der Waals surface area contributed by atoms with Crippen molar-refractivity contribution < 1.29 is 4.74 Å². The second-order valence-corrected chi connectivity index (χ2v) is 4.43. The van der Waals surface area contributed by atoms with Gasteiger partial charge in [-0.1, -0.05) is 0 Å². The number of thiazole rings is 1. The molecule has 3 nitrogen and oxygen atoms in total. The van der Waals surface area contributed by atoms with Gasteiger partial charge in [0.05, 0.1) is 17.8 Å². The summed E-state index contributed by atoms with van der Waals surface area (Å²) in [6.07, 6.45) is 0. The second-order valence-electron chi connectivity index (χ2n) is 3.55. The lowest BCUT2D eigenvalue weighted by Gasteiger charge is -2.18. The van der Waals surface area contributed by atoms with E-state index in [0.717, 1.165) is 12.3 Å². The summed E-state index contributed by atoms with van der Waals surface area (Å²) in [4.78, 5) is 5.55. The molecule has 0 fully saturated rings. The minimum atomic E-state index is 0.354. The van der Waals surface area contributed by atoms with Crippen molar-refractivity contribution in [2.24, 2.45) is 0 Å². The van der Waals surface area contributed by atoms with E-state index in [1.807, 2.05) is 12.4 Å². The van der Waals surface area contributed by atoms with E-state index in [2.05, 4.69) is 24.1 Å². The Morgan fingerprint density at radius 3 is 2.79 bits per heavy atom. The number of aromatic nitrogens is 1. The van der Waals surface area contributed by atoms with Crippen molar-refractivity contribution in [3.63, 3.8) is 0 Å². The normalized spacial score (nSPS) is 15.4. The summed E-state index contributed by atoms with van der Waals surface area (Å²) in [7, 11) is 1.72. The first-order valence-corrected chi connectivity index (χ1v) is 5.68.